The fourth-order valence-electron chi connectivity index (χ4n) is 4.13. The summed E-state index contributed by atoms with van der Waals surface area (Å²) in [5.41, 5.74) is 4.02. The molecule has 3 heterocycles. The minimum absolute atomic E-state index is 0.143. The van der Waals surface area contributed by atoms with E-state index in [9.17, 15) is 4.79 Å². The van der Waals surface area contributed by atoms with Crippen LogP contribution >= 0.6 is 20.7 Å². The third-order valence-corrected chi connectivity index (χ3v) is 7.56. The second-order valence-electron chi connectivity index (χ2n) is 10.00. The molecule has 7 heteroatoms. The van der Waals surface area contributed by atoms with Gasteiger partial charge < -0.3 is 14.8 Å². The molecule has 1 amide bonds. The summed E-state index contributed by atoms with van der Waals surface area (Å²) < 4.78 is 7.37. The summed E-state index contributed by atoms with van der Waals surface area (Å²) in [5, 5.41) is 3.45. The summed E-state index contributed by atoms with van der Waals surface area (Å²) in [4.78, 5) is 24.4. The van der Waals surface area contributed by atoms with Gasteiger partial charge in [-0.05, 0) is 48.9 Å². The van der Waals surface area contributed by atoms with Gasteiger partial charge in [0, 0.05) is 40.5 Å². The molecule has 4 rings (SSSR count). The van der Waals surface area contributed by atoms with Crippen LogP contribution in [0, 0.1) is 8.99 Å². The number of benzene rings is 1. The second-order valence-corrected chi connectivity index (χ2v) is 12.0. The first-order chi connectivity index (χ1) is 16.3. The number of carbonyl (C=O) groups excluding carboxylic acids is 1. The first kappa shape index (κ1) is 24.6. The Morgan fingerprint density at radius 1 is 1.06 bits per heavy atom. The zero-order valence-electron chi connectivity index (χ0n) is 20.4. The zero-order chi connectivity index (χ0) is 24.1. The molecule has 0 aliphatic carbocycles. The molecule has 0 atom stereocenters. The predicted octanol–water partition coefficient (Wildman–Crippen LogP) is 5.65. The Balaban J connectivity index is 1.71. The van der Waals surface area contributed by atoms with E-state index >= 15 is 0 Å². The number of anilines is 1. The number of carbonyl (C=O) groups is 1. The van der Waals surface area contributed by atoms with E-state index in [0.29, 0.717) is 0 Å². The minimum atomic E-state index is -0.202. The molecule has 1 aliphatic rings. The van der Waals surface area contributed by atoms with E-state index in [1.165, 1.54) is 9.99 Å². The van der Waals surface area contributed by atoms with Gasteiger partial charge in [0.25, 0.3) is 0 Å². The van der Waals surface area contributed by atoms with Crippen molar-refractivity contribution in [2.75, 3.05) is 25.0 Å². The summed E-state index contributed by atoms with van der Waals surface area (Å²) in [6, 6.07) is 12.6. The van der Waals surface area contributed by atoms with Crippen molar-refractivity contribution in [1.82, 2.24) is 19.4 Å². The van der Waals surface area contributed by atoms with Gasteiger partial charge in [0.15, 0.2) is 0 Å². The predicted molar refractivity (Wildman–Crippen MR) is 149 cm³/mol. The quantitative estimate of drug-likeness (QED) is 0.372. The van der Waals surface area contributed by atoms with Crippen molar-refractivity contribution in [3.05, 3.63) is 52.5 Å². The molecule has 0 unspecified atom stereocenters. The maximum atomic E-state index is 13.1. The molecule has 1 aromatic carbocycles. The highest BCUT2D eigenvalue weighted by Crippen LogP contribution is 2.33. The zero-order valence-corrected chi connectivity index (χ0v) is 22.5. The molecule has 0 bridgehead atoms. The summed E-state index contributed by atoms with van der Waals surface area (Å²) >= 11 is -0.202. The van der Waals surface area contributed by atoms with Gasteiger partial charge in [0.05, 0.1) is 17.7 Å². The molecule has 1 N–H and O–H groups in total. The number of imidazole rings is 1. The number of halogens is 1. The van der Waals surface area contributed by atoms with Crippen LogP contribution in [0.2, 0.25) is 0 Å². The molecule has 1 saturated heterocycles. The van der Waals surface area contributed by atoms with Crippen LogP contribution in [-0.2, 0) is 11.3 Å². The van der Waals surface area contributed by atoms with Crippen molar-refractivity contribution in [3.63, 3.8) is 0 Å². The number of hydrogen-bond donors (Lipinski definition) is 1. The van der Waals surface area contributed by atoms with Crippen molar-refractivity contribution in [1.29, 1.82) is 0 Å². The average molecular weight is 572 g/mol. The number of piperidine rings is 1. The molecule has 0 spiro atoms. The maximum Gasteiger partial charge on any atom is 0.242 e. The van der Waals surface area contributed by atoms with Crippen LogP contribution in [0.25, 0.3) is 22.5 Å². The normalized spacial score (nSPS) is 14.3. The molecule has 6 nitrogen and oxygen atoms in total. The molecule has 1 fully saturated rings. The van der Waals surface area contributed by atoms with Gasteiger partial charge in [-0.1, -0.05) is 58.1 Å². The van der Waals surface area contributed by atoms with Crippen molar-refractivity contribution >= 4 is 37.0 Å². The van der Waals surface area contributed by atoms with Crippen LogP contribution in [0.5, 0.6) is 0 Å². The minimum Gasteiger partial charge on any atom is -0.370 e. The van der Waals surface area contributed by atoms with Gasteiger partial charge in [-0.3, -0.25) is 4.79 Å². The SMILES string of the molecule is C=Ic1ccc(-c2ncn(CC(=O)N3CCCCC3)c2-c2ccnc(NCC(C)(C)C)c2)cc1. The molecule has 180 valence electrons. The number of hydrogen-bond acceptors (Lipinski definition) is 4. The van der Waals surface area contributed by atoms with Crippen molar-refractivity contribution < 1.29 is 4.79 Å². The van der Waals surface area contributed by atoms with Gasteiger partial charge in [-0.15, -0.1) is 0 Å². The van der Waals surface area contributed by atoms with E-state index in [2.05, 4.69) is 65.9 Å². The molecular formula is C27H34IN5O. The lowest BCUT2D eigenvalue weighted by Crippen LogP contribution is -2.37. The summed E-state index contributed by atoms with van der Waals surface area (Å²) in [6.45, 7) is 9.39. The monoisotopic (exact) mass is 571 g/mol. The average Bonchev–Trinajstić information content (AvgIpc) is 3.26. The van der Waals surface area contributed by atoms with E-state index < -0.39 is 0 Å². The first-order valence-electron chi connectivity index (χ1n) is 11.9. The van der Waals surface area contributed by atoms with Gasteiger partial charge >= 0.3 is 0 Å². The van der Waals surface area contributed by atoms with Crippen molar-refractivity contribution in [2.24, 2.45) is 5.41 Å². The summed E-state index contributed by atoms with van der Waals surface area (Å²) in [5.74, 6) is 0.979. The van der Waals surface area contributed by atoms with Crippen LogP contribution in [0.1, 0.15) is 40.0 Å². The second kappa shape index (κ2) is 10.8. The highest BCUT2D eigenvalue weighted by Gasteiger charge is 2.21. The Labute approximate surface area is 212 Å². The summed E-state index contributed by atoms with van der Waals surface area (Å²) in [7, 11) is 0. The van der Waals surface area contributed by atoms with Gasteiger partial charge in [0.2, 0.25) is 5.91 Å². The fourth-order valence-corrected chi connectivity index (χ4v) is 5.00. The van der Waals surface area contributed by atoms with E-state index in [1.807, 2.05) is 21.7 Å². The lowest BCUT2D eigenvalue weighted by molar-refractivity contribution is -0.132. The largest absolute Gasteiger partial charge is 0.370 e. The summed E-state index contributed by atoms with van der Waals surface area (Å²) in [6.07, 6.45) is 7.00. The molecular weight excluding hydrogens is 537 g/mol. The highest BCUT2D eigenvalue weighted by molar-refractivity contribution is 14.2. The van der Waals surface area contributed by atoms with Crippen LogP contribution in [-0.4, -0.2) is 49.5 Å². The smallest absolute Gasteiger partial charge is 0.242 e. The molecule has 1 aliphatic heterocycles. The Morgan fingerprint density at radius 2 is 1.79 bits per heavy atom. The third-order valence-electron chi connectivity index (χ3n) is 5.96. The third kappa shape index (κ3) is 6.11. The number of pyridine rings is 1. The molecule has 0 radical (unpaired) electrons. The number of nitrogens with zero attached hydrogens (tertiary/aromatic N) is 4. The molecule has 34 heavy (non-hydrogen) atoms. The number of rotatable bonds is 7. The van der Waals surface area contributed by atoms with Gasteiger partial charge in [-0.25, -0.2) is 9.97 Å². The maximum absolute atomic E-state index is 13.1. The van der Waals surface area contributed by atoms with Crippen molar-refractivity contribution in [3.8, 4) is 22.5 Å². The fraction of sp³-hybridized carbons (Fsp3) is 0.407. The number of likely N-dealkylation sites (tertiary alicyclic amines) is 1. The van der Waals surface area contributed by atoms with Crippen molar-refractivity contribution in [2.45, 2.75) is 46.6 Å². The Bertz CT molecular complexity index is 1140. The Kier molecular flexibility index (Phi) is 7.80. The lowest BCUT2D eigenvalue weighted by atomic mass is 9.97. The topological polar surface area (TPSA) is 63.1 Å². The molecule has 2 aromatic heterocycles. The van der Waals surface area contributed by atoms with Gasteiger partial charge in [0.1, 0.15) is 12.4 Å². The van der Waals surface area contributed by atoms with E-state index in [0.717, 1.165) is 60.8 Å². The number of aromatic nitrogens is 3. The molecule has 3 aromatic rings. The highest BCUT2D eigenvalue weighted by atomic mass is 127. The van der Waals surface area contributed by atoms with Crippen LogP contribution in [0.3, 0.4) is 0 Å². The Hall–Kier alpha value is -2.55. The Morgan fingerprint density at radius 3 is 2.47 bits per heavy atom. The van der Waals surface area contributed by atoms with Crippen LogP contribution in [0.4, 0.5) is 5.82 Å². The number of amides is 1. The van der Waals surface area contributed by atoms with E-state index in [1.54, 1.807) is 6.33 Å². The van der Waals surface area contributed by atoms with Crippen LogP contribution < -0.4 is 5.32 Å². The van der Waals surface area contributed by atoms with Crippen LogP contribution in [0.15, 0.2) is 48.9 Å². The number of nitrogens with one attached hydrogen (secondary N) is 1. The van der Waals surface area contributed by atoms with Gasteiger partial charge in [-0.2, -0.15) is 0 Å². The first-order valence-corrected chi connectivity index (χ1v) is 14.5. The van der Waals surface area contributed by atoms with E-state index in [-0.39, 0.29) is 38.6 Å². The lowest BCUT2D eigenvalue weighted by Gasteiger charge is -2.27. The standard InChI is InChI=1S/C27H34IN5O/c1-27(2,3)18-30-23-16-21(12-13-29-23)26-25(20-8-10-22(28-4)11-9-20)31-19-33(26)17-24(34)32-14-6-5-7-15-32/h8-13,16,19H,4-7,14-15,17-18H2,1-3H3,(H,29,30). The van der Waals surface area contributed by atoms with E-state index in [4.69, 9.17) is 4.98 Å². The molecule has 0 saturated carbocycles.